The number of rotatable bonds is 2. The van der Waals surface area contributed by atoms with Crippen molar-refractivity contribution in [3.8, 4) is 0 Å². The van der Waals surface area contributed by atoms with E-state index in [4.69, 9.17) is 11.6 Å². The van der Waals surface area contributed by atoms with Gasteiger partial charge in [0.25, 0.3) is 0 Å². The molecular weight excluding hydrogens is 146 g/mol. The fraction of sp³-hybridized carbons (Fsp3) is 0.750. The molecule has 1 aliphatic rings. The van der Waals surface area contributed by atoms with Gasteiger partial charge in [0.05, 0.1) is 0 Å². The van der Waals surface area contributed by atoms with Gasteiger partial charge in [0.1, 0.15) is 0 Å². The Bertz CT molecular complexity index is 131. The van der Waals surface area contributed by atoms with Gasteiger partial charge in [0.15, 0.2) is 0 Å². The summed E-state index contributed by atoms with van der Waals surface area (Å²) in [6.45, 7) is 5.51. The minimum atomic E-state index is 0.757. The van der Waals surface area contributed by atoms with E-state index in [9.17, 15) is 0 Å². The van der Waals surface area contributed by atoms with Crippen molar-refractivity contribution in [2.24, 2.45) is 0 Å². The lowest BCUT2D eigenvalue weighted by atomic mass is 10.1. The van der Waals surface area contributed by atoms with Crippen LogP contribution in [-0.2, 0) is 0 Å². The van der Waals surface area contributed by atoms with Crippen molar-refractivity contribution in [3.63, 3.8) is 0 Å². The molecule has 1 heterocycles. The van der Waals surface area contributed by atoms with Crippen LogP contribution < -0.4 is 0 Å². The Morgan fingerprint density at radius 2 is 2.50 bits per heavy atom. The highest BCUT2D eigenvalue weighted by Crippen LogP contribution is 2.08. The summed E-state index contributed by atoms with van der Waals surface area (Å²) in [4.78, 5) is 2.38. The third-order valence-corrected chi connectivity index (χ3v) is 2.09. The van der Waals surface area contributed by atoms with Crippen molar-refractivity contribution in [1.82, 2.24) is 4.90 Å². The average molecular weight is 160 g/mol. The molecule has 1 rings (SSSR count). The molecule has 0 aliphatic carbocycles. The molecule has 0 fully saturated rings. The lowest BCUT2D eigenvalue weighted by molar-refractivity contribution is 0.312. The van der Waals surface area contributed by atoms with Gasteiger partial charge in [0.2, 0.25) is 0 Å². The van der Waals surface area contributed by atoms with Crippen molar-refractivity contribution >= 4 is 11.6 Å². The van der Waals surface area contributed by atoms with Crippen LogP contribution in [0.3, 0.4) is 0 Å². The molecular formula is C8H14ClN. The Morgan fingerprint density at radius 3 is 3.00 bits per heavy atom. The Morgan fingerprint density at radius 1 is 1.70 bits per heavy atom. The maximum Gasteiger partial charge on any atom is 0.0351 e. The van der Waals surface area contributed by atoms with Crippen molar-refractivity contribution in [2.75, 3.05) is 25.5 Å². The van der Waals surface area contributed by atoms with Crippen LogP contribution >= 0.6 is 11.6 Å². The largest absolute Gasteiger partial charge is 0.298 e. The number of alkyl halides is 1. The summed E-state index contributed by atoms with van der Waals surface area (Å²) in [5, 5.41) is 0. The predicted molar refractivity (Wildman–Crippen MR) is 45.5 cm³/mol. The summed E-state index contributed by atoms with van der Waals surface area (Å²) in [6, 6.07) is 0. The van der Waals surface area contributed by atoms with Gasteiger partial charge in [-0.25, -0.2) is 0 Å². The van der Waals surface area contributed by atoms with Gasteiger partial charge in [-0.05, 0) is 13.3 Å². The number of halogens is 1. The van der Waals surface area contributed by atoms with Crippen molar-refractivity contribution in [3.05, 3.63) is 11.6 Å². The third kappa shape index (κ3) is 2.31. The molecule has 2 heteroatoms. The monoisotopic (exact) mass is 159 g/mol. The lowest BCUT2D eigenvalue weighted by Gasteiger charge is -2.23. The Kier molecular flexibility index (Phi) is 3.23. The molecule has 0 N–H and O–H groups in total. The van der Waals surface area contributed by atoms with Crippen LogP contribution in [0.1, 0.15) is 13.3 Å². The Balaban J connectivity index is 2.27. The molecule has 0 atom stereocenters. The number of nitrogens with zero attached hydrogens (tertiary/aromatic N) is 1. The zero-order chi connectivity index (χ0) is 7.40. The molecule has 0 bridgehead atoms. The fourth-order valence-corrected chi connectivity index (χ4v) is 1.37. The van der Waals surface area contributed by atoms with E-state index >= 15 is 0 Å². The zero-order valence-electron chi connectivity index (χ0n) is 6.44. The van der Waals surface area contributed by atoms with Gasteiger partial charge in [-0.1, -0.05) is 11.6 Å². The van der Waals surface area contributed by atoms with Gasteiger partial charge >= 0.3 is 0 Å². The van der Waals surface area contributed by atoms with Gasteiger partial charge in [-0.2, -0.15) is 0 Å². The zero-order valence-corrected chi connectivity index (χ0v) is 7.19. The van der Waals surface area contributed by atoms with Gasteiger partial charge in [-0.15, -0.1) is 11.6 Å². The topological polar surface area (TPSA) is 3.24 Å². The average Bonchev–Trinajstić information content (AvgIpc) is 1.95. The third-order valence-electron chi connectivity index (χ3n) is 1.92. The second kappa shape index (κ2) is 3.99. The van der Waals surface area contributed by atoms with Crippen LogP contribution in [0.2, 0.25) is 0 Å². The first-order valence-corrected chi connectivity index (χ1v) is 4.30. The van der Waals surface area contributed by atoms with E-state index < -0.39 is 0 Å². The SMILES string of the molecule is CC1=CCN(CCCl)CC1. The van der Waals surface area contributed by atoms with Gasteiger partial charge in [0, 0.05) is 25.5 Å². The van der Waals surface area contributed by atoms with E-state index in [0.29, 0.717) is 0 Å². The Labute approximate surface area is 67.7 Å². The lowest BCUT2D eigenvalue weighted by Crippen LogP contribution is -2.30. The van der Waals surface area contributed by atoms with E-state index in [0.717, 1.165) is 19.0 Å². The molecule has 0 aromatic carbocycles. The minimum absolute atomic E-state index is 0.757. The molecule has 0 saturated carbocycles. The molecule has 58 valence electrons. The summed E-state index contributed by atoms with van der Waals surface area (Å²) in [6.07, 6.45) is 3.51. The second-order valence-corrected chi connectivity index (χ2v) is 3.17. The normalized spacial score (nSPS) is 20.8. The Hall–Kier alpha value is -0.0100. The molecule has 1 aliphatic heterocycles. The molecule has 0 saturated heterocycles. The molecule has 0 radical (unpaired) electrons. The van der Waals surface area contributed by atoms with Crippen LogP contribution in [-0.4, -0.2) is 30.4 Å². The first kappa shape index (κ1) is 8.09. The molecule has 0 spiro atoms. The van der Waals surface area contributed by atoms with E-state index in [1.54, 1.807) is 0 Å². The summed E-state index contributed by atoms with van der Waals surface area (Å²) < 4.78 is 0. The highest BCUT2D eigenvalue weighted by molar-refractivity contribution is 6.18. The van der Waals surface area contributed by atoms with Crippen molar-refractivity contribution in [2.45, 2.75) is 13.3 Å². The van der Waals surface area contributed by atoms with Crippen LogP contribution in [0.25, 0.3) is 0 Å². The summed E-state index contributed by atoms with van der Waals surface area (Å²) >= 11 is 5.61. The van der Waals surface area contributed by atoms with Gasteiger partial charge < -0.3 is 0 Å². The molecule has 0 aromatic heterocycles. The van der Waals surface area contributed by atoms with E-state index in [-0.39, 0.29) is 0 Å². The molecule has 1 nitrogen and oxygen atoms in total. The predicted octanol–water partition coefficient (Wildman–Crippen LogP) is 1.88. The van der Waals surface area contributed by atoms with E-state index in [1.807, 2.05) is 0 Å². The van der Waals surface area contributed by atoms with Crippen molar-refractivity contribution in [1.29, 1.82) is 0 Å². The summed E-state index contributed by atoms with van der Waals surface area (Å²) in [5.74, 6) is 0.757. The second-order valence-electron chi connectivity index (χ2n) is 2.79. The minimum Gasteiger partial charge on any atom is -0.298 e. The van der Waals surface area contributed by atoms with E-state index in [2.05, 4.69) is 17.9 Å². The van der Waals surface area contributed by atoms with Crippen LogP contribution in [0.4, 0.5) is 0 Å². The maximum atomic E-state index is 5.61. The molecule has 0 aromatic rings. The molecule has 0 amide bonds. The van der Waals surface area contributed by atoms with Gasteiger partial charge in [-0.3, -0.25) is 4.90 Å². The summed E-state index contributed by atoms with van der Waals surface area (Å²) in [5.41, 5.74) is 1.52. The van der Waals surface area contributed by atoms with Crippen LogP contribution in [0.15, 0.2) is 11.6 Å². The van der Waals surface area contributed by atoms with Crippen molar-refractivity contribution < 1.29 is 0 Å². The standard InChI is InChI=1S/C8H14ClN/c1-8-2-5-10(6-3-8)7-4-9/h2H,3-7H2,1H3. The fourth-order valence-electron chi connectivity index (χ4n) is 1.14. The smallest absolute Gasteiger partial charge is 0.0351 e. The number of hydrogen-bond acceptors (Lipinski definition) is 1. The number of hydrogen-bond donors (Lipinski definition) is 0. The highest BCUT2D eigenvalue weighted by atomic mass is 35.5. The van der Waals surface area contributed by atoms with E-state index in [1.165, 1.54) is 18.5 Å². The maximum absolute atomic E-state index is 5.61. The van der Waals surface area contributed by atoms with Crippen LogP contribution in [0, 0.1) is 0 Å². The molecule has 10 heavy (non-hydrogen) atoms. The van der Waals surface area contributed by atoms with Crippen LogP contribution in [0.5, 0.6) is 0 Å². The molecule has 0 unspecified atom stereocenters. The quantitative estimate of drug-likeness (QED) is 0.439. The highest BCUT2D eigenvalue weighted by Gasteiger charge is 2.06. The first-order valence-electron chi connectivity index (χ1n) is 3.77. The summed E-state index contributed by atoms with van der Waals surface area (Å²) in [7, 11) is 0. The first-order chi connectivity index (χ1) is 4.83.